The van der Waals surface area contributed by atoms with Gasteiger partial charge in [-0.2, -0.15) is 4.31 Å². The molecule has 3 amide bonds. The number of urea groups is 1. The molecule has 30 heavy (non-hydrogen) atoms. The highest BCUT2D eigenvalue weighted by atomic mass is 32.2. The molecule has 1 unspecified atom stereocenters. The third kappa shape index (κ3) is 6.02. The van der Waals surface area contributed by atoms with Gasteiger partial charge in [0.05, 0.1) is 20.3 Å². The summed E-state index contributed by atoms with van der Waals surface area (Å²) in [5.74, 6) is -1.57. The smallest absolute Gasteiger partial charge is 0.331 e. The predicted octanol–water partition coefficient (Wildman–Crippen LogP) is -0.144. The minimum absolute atomic E-state index is 0.0448. The number of esters is 1. The van der Waals surface area contributed by atoms with Gasteiger partial charge in [0.25, 0.3) is 5.91 Å². The van der Waals surface area contributed by atoms with Gasteiger partial charge in [-0.3, -0.25) is 10.1 Å². The minimum Gasteiger partial charge on any atom is -0.495 e. The van der Waals surface area contributed by atoms with Crippen molar-refractivity contribution in [1.82, 2.24) is 9.62 Å². The summed E-state index contributed by atoms with van der Waals surface area (Å²) < 4.78 is 42.4. The van der Waals surface area contributed by atoms with Crippen molar-refractivity contribution in [3.63, 3.8) is 0 Å². The van der Waals surface area contributed by atoms with E-state index in [9.17, 15) is 22.8 Å². The summed E-state index contributed by atoms with van der Waals surface area (Å²) in [6.07, 6.45) is 1.11. The molecular weight excluding hydrogens is 418 g/mol. The zero-order chi connectivity index (χ0) is 22.3. The average Bonchev–Trinajstić information content (AvgIpc) is 2.72. The maximum Gasteiger partial charge on any atom is 0.331 e. The molecular formula is C18H23N3O8S. The van der Waals surface area contributed by atoms with Crippen LogP contribution in [-0.4, -0.2) is 70.1 Å². The van der Waals surface area contributed by atoms with Crippen molar-refractivity contribution in [2.24, 2.45) is 5.73 Å². The summed E-state index contributed by atoms with van der Waals surface area (Å²) >= 11 is 0. The van der Waals surface area contributed by atoms with Gasteiger partial charge in [0, 0.05) is 19.2 Å². The molecule has 1 saturated heterocycles. The van der Waals surface area contributed by atoms with E-state index < -0.39 is 34.0 Å². The van der Waals surface area contributed by atoms with Crippen LogP contribution in [0.1, 0.15) is 12.5 Å². The van der Waals surface area contributed by atoms with E-state index in [1.165, 1.54) is 36.5 Å². The topological polar surface area (TPSA) is 154 Å². The van der Waals surface area contributed by atoms with Gasteiger partial charge in [0.1, 0.15) is 10.6 Å². The Hall–Kier alpha value is -2.96. The first kappa shape index (κ1) is 23.3. The van der Waals surface area contributed by atoms with Crippen LogP contribution in [-0.2, 0) is 29.1 Å². The maximum atomic E-state index is 13.0. The fourth-order valence-electron chi connectivity index (χ4n) is 2.58. The Kier molecular flexibility index (Phi) is 7.92. The van der Waals surface area contributed by atoms with Gasteiger partial charge in [-0.1, -0.05) is 6.07 Å². The highest BCUT2D eigenvalue weighted by molar-refractivity contribution is 7.89. The van der Waals surface area contributed by atoms with Crippen LogP contribution >= 0.6 is 0 Å². The molecule has 1 aromatic carbocycles. The molecule has 164 valence electrons. The Bertz CT molecular complexity index is 939. The van der Waals surface area contributed by atoms with Gasteiger partial charge in [-0.25, -0.2) is 18.0 Å². The van der Waals surface area contributed by atoms with E-state index in [-0.39, 0.29) is 23.7 Å². The Labute approximate surface area is 173 Å². The zero-order valence-electron chi connectivity index (χ0n) is 16.5. The number of imide groups is 1. The number of rotatable bonds is 7. The second-order valence-corrected chi connectivity index (χ2v) is 8.10. The molecule has 1 aliphatic heterocycles. The lowest BCUT2D eigenvalue weighted by atomic mass is 10.2. The van der Waals surface area contributed by atoms with Gasteiger partial charge in [0.15, 0.2) is 6.10 Å². The number of amides is 3. The summed E-state index contributed by atoms with van der Waals surface area (Å²) in [4.78, 5) is 34.0. The third-order valence-electron chi connectivity index (χ3n) is 4.10. The van der Waals surface area contributed by atoms with E-state index in [1.807, 2.05) is 0 Å². The van der Waals surface area contributed by atoms with E-state index in [0.717, 1.165) is 6.08 Å². The van der Waals surface area contributed by atoms with Gasteiger partial charge in [-0.15, -0.1) is 0 Å². The normalized spacial score (nSPS) is 16.1. The van der Waals surface area contributed by atoms with Gasteiger partial charge >= 0.3 is 12.0 Å². The largest absolute Gasteiger partial charge is 0.495 e. The van der Waals surface area contributed by atoms with Crippen molar-refractivity contribution in [3.05, 3.63) is 29.8 Å². The van der Waals surface area contributed by atoms with Crippen molar-refractivity contribution < 1.29 is 37.0 Å². The predicted molar refractivity (Wildman–Crippen MR) is 105 cm³/mol. The van der Waals surface area contributed by atoms with E-state index in [2.05, 4.69) is 0 Å². The van der Waals surface area contributed by atoms with Crippen molar-refractivity contribution >= 4 is 34.0 Å². The van der Waals surface area contributed by atoms with E-state index >= 15 is 0 Å². The lowest BCUT2D eigenvalue weighted by Crippen LogP contribution is -2.42. The molecule has 12 heteroatoms. The number of nitrogens with zero attached hydrogens (tertiary/aromatic N) is 1. The van der Waals surface area contributed by atoms with Crippen molar-refractivity contribution in [3.8, 4) is 5.75 Å². The number of nitrogens with two attached hydrogens (primary N) is 1. The molecule has 1 aliphatic rings. The molecule has 0 radical (unpaired) electrons. The molecule has 3 N–H and O–H groups in total. The number of ether oxygens (including phenoxy) is 3. The molecule has 1 atom stereocenters. The lowest BCUT2D eigenvalue weighted by molar-refractivity contribution is -0.149. The van der Waals surface area contributed by atoms with Gasteiger partial charge < -0.3 is 19.9 Å². The Morgan fingerprint density at radius 2 is 1.93 bits per heavy atom. The summed E-state index contributed by atoms with van der Waals surface area (Å²) in [6, 6.07) is 3.34. The quantitative estimate of drug-likeness (QED) is 0.438. The molecule has 1 fully saturated rings. The first-order valence-corrected chi connectivity index (χ1v) is 10.3. The Morgan fingerprint density at radius 3 is 2.53 bits per heavy atom. The molecule has 0 saturated carbocycles. The minimum atomic E-state index is -3.83. The van der Waals surface area contributed by atoms with Crippen LogP contribution < -0.4 is 15.8 Å². The fraction of sp³-hybridized carbons (Fsp3) is 0.389. The molecule has 0 aliphatic carbocycles. The van der Waals surface area contributed by atoms with Crippen LogP contribution in [0.15, 0.2) is 29.2 Å². The SMILES string of the molecule is COc1ccc(C=CC(=O)OC(C)C(=O)NC(N)=O)cc1S(=O)(=O)N1CCOCC1. The Morgan fingerprint density at radius 1 is 1.27 bits per heavy atom. The van der Waals surface area contributed by atoms with Crippen molar-refractivity contribution in [1.29, 1.82) is 0 Å². The second-order valence-electron chi connectivity index (χ2n) is 6.19. The first-order valence-electron chi connectivity index (χ1n) is 8.90. The van der Waals surface area contributed by atoms with E-state index in [0.29, 0.717) is 18.8 Å². The maximum absolute atomic E-state index is 13.0. The number of sulfonamides is 1. The van der Waals surface area contributed by atoms with Crippen LogP contribution in [0.4, 0.5) is 4.79 Å². The van der Waals surface area contributed by atoms with Crippen molar-refractivity contribution in [2.75, 3.05) is 33.4 Å². The van der Waals surface area contributed by atoms with Crippen LogP contribution in [0, 0.1) is 0 Å². The number of hydrogen-bond donors (Lipinski definition) is 2. The average molecular weight is 441 g/mol. The third-order valence-corrected chi connectivity index (χ3v) is 6.02. The standard InChI is InChI=1S/C18H23N3O8S/c1-12(17(23)20-18(19)24)29-16(22)6-4-13-3-5-14(27-2)15(11-13)30(25,26)21-7-9-28-10-8-21/h3-6,11-12H,7-10H2,1-2H3,(H3,19,20,23,24). The molecule has 1 aromatic rings. The number of benzene rings is 1. The van der Waals surface area contributed by atoms with Crippen LogP contribution in [0.25, 0.3) is 6.08 Å². The number of methoxy groups -OCH3 is 1. The number of primary amides is 1. The molecule has 11 nitrogen and oxygen atoms in total. The molecule has 2 rings (SSSR count). The molecule has 1 heterocycles. The zero-order valence-corrected chi connectivity index (χ0v) is 17.3. The van der Waals surface area contributed by atoms with Gasteiger partial charge in [-0.05, 0) is 30.7 Å². The Balaban J connectivity index is 2.17. The number of morpholine rings is 1. The summed E-state index contributed by atoms with van der Waals surface area (Å²) in [7, 11) is -2.47. The number of hydrogen-bond acceptors (Lipinski definition) is 8. The number of carbonyl (C=O) groups is 3. The van der Waals surface area contributed by atoms with Crippen LogP contribution in [0.2, 0.25) is 0 Å². The molecule has 0 aromatic heterocycles. The van der Waals surface area contributed by atoms with E-state index in [4.69, 9.17) is 19.9 Å². The summed E-state index contributed by atoms with van der Waals surface area (Å²) in [5.41, 5.74) is 5.23. The molecule has 0 spiro atoms. The lowest BCUT2D eigenvalue weighted by Gasteiger charge is -2.26. The first-order chi connectivity index (χ1) is 14.1. The van der Waals surface area contributed by atoms with E-state index in [1.54, 1.807) is 11.4 Å². The summed E-state index contributed by atoms with van der Waals surface area (Å²) in [5, 5.41) is 1.79. The highest BCUT2D eigenvalue weighted by Gasteiger charge is 2.29. The summed E-state index contributed by atoms with van der Waals surface area (Å²) in [6.45, 7) is 2.32. The highest BCUT2D eigenvalue weighted by Crippen LogP contribution is 2.28. The van der Waals surface area contributed by atoms with Crippen LogP contribution in [0.3, 0.4) is 0 Å². The van der Waals surface area contributed by atoms with Crippen LogP contribution in [0.5, 0.6) is 5.75 Å². The fourth-order valence-corrected chi connectivity index (χ4v) is 4.18. The molecule has 0 bridgehead atoms. The monoisotopic (exact) mass is 441 g/mol. The number of nitrogens with one attached hydrogen (secondary N) is 1. The van der Waals surface area contributed by atoms with Crippen molar-refractivity contribution in [2.45, 2.75) is 17.9 Å². The second kappa shape index (κ2) is 10.2. The van der Waals surface area contributed by atoms with Gasteiger partial charge in [0.2, 0.25) is 10.0 Å². The number of carbonyl (C=O) groups excluding carboxylic acids is 3.